The molecule has 232 valence electrons. The van der Waals surface area contributed by atoms with Crippen molar-refractivity contribution in [3.63, 3.8) is 0 Å². The molecule has 2 N–H and O–H groups in total. The first-order chi connectivity index (χ1) is 20.8. The van der Waals surface area contributed by atoms with Crippen molar-refractivity contribution in [2.24, 2.45) is 0 Å². The topological polar surface area (TPSA) is 112 Å². The predicted molar refractivity (Wildman–Crippen MR) is 173 cm³/mol. The Bertz CT molecular complexity index is 1640. The predicted octanol–water partition coefficient (Wildman–Crippen LogP) is 6.03. The molecule has 0 heterocycles. The molecule has 1 aliphatic rings. The molecule has 3 aromatic carbocycles. The van der Waals surface area contributed by atoms with Gasteiger partial charge in [0.2, 0.25) is 5.79 Å². The Kier molecular flexibility index (Phi) is 10.0. The van der Waals surface area contributed by atoms with Crippen molar-refractivity contribution >= 4 is 15.7 Å². The van der Waals surface area contributed by atoms with Crippen LogP contribution in [0.4, 0.5) is 5.69 Å². The Morgan fingerprint density at radius 3 is 2.30 bits per heavy atom. The number of nitrogens with zero attached hydrogens (tertiary/aromatic N) is 2. The van der Waals surface area contributed by atoms with Gasteiger partial charge in [0.1, 0.15) is 5.75 Å². The molecule has 0 fully saturated rings. The van der Waals surface area contributed by atoms with Crippen LogP contribution in [0.15, 0.2) is 108 Å². The summed E-state index contributed by atoms with van der Waals surface area (Å²) in [4.78, 5) is 0.188. The summed E-state index contributed by atoms with van der Waals surface area (Å²) in [6.07, 6.45) is 6.84. The summed E-state index contributed by atoms with van der Waals surface area (Å²) >= 11 is 0. The molecule has 3 aromatic rings. The van der Waals surface area contributed by atoms with Crippen LogP contribution in [0.2, 0.25) is 0 Å². The smallest absolute Gasteiger partial charge is 0.264 e. The number of hydrogen-bond acceptors (Lipinski definition) is 7. The Morgan fingerprint density at radius 2 is 1.68 bits per heavy atom. The van der Waals surface area contributed by atoms with E-state index in [2.05, 4.69) is 5.32 Å². The quantitative estimate of drug-likeness (QED) is 0.178. The van der Waals surface area contributed by atoms with E-state index in [1.165, 1.54) is 11.2 Å². The molecule has 2 unspecified atom stereocenters. The molecule has 9 heteroatoms. The van der Waals surface area contributed by atoms with Crippen molar-refractivity contribution in [2.45, 2.75) is 68.9 Å². The Labute approximate surface area is 261 Å². The third kappa shape index (κ3) is 8.16. The summed E-state index contributed by atoms with van der Waals surface area (Å²) in [5, 5.41) is 22.5. The van der Waals surface area contributed by atoms with Crippen LogP contribution in [0.5, 0.6) is 5.75 Å². The first-order valence-electron chi connectivity index (χ1n) is 14.5. The maximum atomic E-state index is 14.1. The minimum atomic E-state index is -3.97. The summed E-state index contributed by atoms with van der Waals surface area (Å²) < 4.78 is 42.1. The summed E-state index contributed by atoms with van der Waals surface area (Å²) in [7, 11) is -2.41. The lowest BCUT2D eigenvalue weighted by atomic mass is 9.89. The Balaban J connectivity index is 1.62. The van der Waals surface area contributed by atoms with Gasteiger partial charge in [0.05, 0.1) is 23.2 Å². The SMILES string of the molecule is COC1(Oc2ccccc2N(Cc2ccccc2)S(=O)(=O)c2ccc(C)cc2)C=CC(CC(C)(C)NCC(C)(O)C#N)=CC1. The highest BCUT2D eigenvalue weighted by atomic mass is 32.2. The number of nitriles is 1. The number of sulfonamides is 1. The third-order valence-electron chi connectivity index (χ3n) is 7.54. The zero-order valence-corrected chi connectivity index (χ0v) is 26.8. The van der Waals surface area contributed by atoms with Gasteiger partial charge in [0.15, 0.2) is 5.60 Å². The number of β-amino-alcohol motifs (C(OH)–C–C–N with tert-alkyl or cyclic N) is 1. The number of allylic oxidation sites excluding steroid dienone is 1. The summed E-state index contributed by atoms with van der Waals surface area (Å²) in [6.45, 7) is 7.66. The highest BCUT2D eigenvalue weighted by Crippen LogP contribution is 2.38. The van der Waals surface area contributed by atoms with E-state index in [-0.39, 0.29) is 23.5 Å². The number of rotatable bonds is 13. The van der Waals surface area contributed by atoms with Crippen molar-refractivity contribution in [1.29, 1.82) is 5.26 Å². The molecule has 2 atom stereocenters. The van der Waals surface area contributed by atoms with E-state index in [4.69, 9.17) is 14.7 Å². The second-order valence-electron chi connectivity index (χ2n) is 12.0. The highest BCUT2D eigenvalue weighted by molar-refractivity contribution is 7.92. The number of aryl methyl sites for hydroxylation is 1. The second-order valence-corrected chi connectivity index (χ2v) is 13.9. The molecule has 0 aliphatic heterocycles. The number of hydrogen-bond donors (Lipinski definition) is 2. The summed E-state index contributed by atoms with van der Waals surface area (Å²) in [6, 6.07) is 25.2. The Hall–Kier alpha value is -3.94. The molecule has 0 spiro atoms. The number of benzene rings is 3. The van der Waals surface area contributed by atoms with Gasteiger partial charge in [-0.2, -0.15) is 5.26 Å². The van der Waals surface area contributed by atoms with Crippen LogP contribution in [0.1, 0.15) is 44.7 Å². The van der Waals surface area contributed by atoms with E-state index in [1.807, 2.05) is 75.4 Å². The number of aliphatic hydroxyl groups is 1. The average molecular weight is 616 g/mol. The molecule has 0 saturated heterocycles. The van der Waals surface area contributed by atoms with Gasteiger partial charge in [0, 0.05) is 25.6 Å². The molecular weight excluding hydrogens is 574 g/mol. The zero-order valence-electron chi connectivity index (χ0n) is 25.9. The number of nitrogens with one attached hydrogen (secondary N) is 1. The molecule has 0 bridgehead atoms. The van der Waals surface area contributed by atoms with Crippen LogP contribution < -0.4 is 14.4 Å². The Morgan fingerprint density at radius 1 is 1.02 bits per heavy atom. The molecule has 0 amide bonds. The van der Waals surface area contributed by atoms with E-state index in [0.717, 1.165) is 16.7 Å². The van der Waals surface area contributed by atoms with Crippen LogP contribution in [-0.2, 0) is 21.3 Å². The summed E-state index contributed by atoms with van der Waals surface area (Å²) in [5.41, 5.74) is 1.38. The first-order valence-corrected chi connectivity index (χ1v) is 16.0. The average Bonchev–Trinajstić information content (AvgIpc) is 3.01. The van der Waals surface area contributed by atoms with Crippen molar-refractivity contribution in [2.75, 3.05) is 18.0 Å². The summed E-state index contributed by atoms with van der Waals surface area (Å²) in [5.74, 6) is -0.795. The number of methoxy groups -OCH3 is 1. The molecule has 1 aliphatic carbocycles. The van der Waals surface area contributed by atoms with Crippen LogP contribution in [0.3, 0.4) is 0 Å². The maximum absolute atomic E-state index is 14.1. The lowest BCUT2D eigenvalue weighted by molar-refractivity contribution is -0.122. The lowest BCUT2D eigenvalue weighted by Crippen LogP contribution is -2.47. The normalized spacial score (nSPS) is 18.2. The molecule has 0 radical (unpaired) electrons. The van der Waals surface area contributed by atoms with Crippen molar-refractivity contribution < 1.29 is 23.0 Å². The minimum absolute atomic E-state index is 0.109. The van der Waals surface area contributed by atoms with Gasteiger partial charge >= 0.3 is 0 Å². The van der Waals surface area contributed by atoms with Crippen molar-refractivity contribution in [1.82, 2.24) is 5.32 Å². The van der Waals surface area contributed by atoms with Gasteiger partial charge in [-0.3, -0.25) is 4.31 Å². The highest BCUT2D eigenvalue weighted by Gasteiger charge is 2.35. The molecular formula is C35H41N3O5S. The monoisotopic (exact) mass is 615 g/mol. The van der Waals surface area contributed by atoms with E-state index >= 15 is 0 Å². The number of anilines is 1. The third-order valence-corrected chi connectivity index (χ3v) is 9.31. The van der Waals surface area contributed by atoms with Crippen LogP contribution in [0.25, 0.3) is 0 Å². The van der Waals surface area contributed by atoms with Crippen LogP contribution in [0, 0.1) is 18.3 Å². The van der Waals surface area contributed by atoms with Gasteiger partial charge in [-0.1, -0.05) is 77.9 Å². The standard InChI is InChI=1S/C35H41N3O5S/c1-27-15-17-30(18-16-27)44(40,41)38(24-29-11-7-6-8-12-29)31-13-9-10-14-32(31)43-35(42-5)21-19-28(20-22-35)23-33(2,3)37-26-34(4,39)25-36/h6-21,37,39H,22-24,26H2,1-5H3. The fourth-order valence-corrected chi connectivity index (χ4v) is 6.35. The minimum Gasteiger partial charge on any atom is -0.456 e. The van der Waals surface area contributed by atoms with Gasteiger partial charge in [-0.25, -0.2) is 8.42 Å². The van der Waals surface area contributed by atoms with Crippen LogP contribution >= 0.6 is 0 Å². The molecule has 8 nitrogen and oxygen atoms in total. The van der Waals surface area contributed by atoms with Crippen molar-refractivity contribution in [3.05, 3.63) is 114 Å². The van der Waals surface area contributed by atoms with Crippen LogP contribution in [-0.4, -0.2) is 44.1 Å². The molecule has 0 aromatic heterocycles. The van der Waals surface area contributed by atoms with Gasteiger partial charge in [-0.15, -0.1) is 0 Å². The molecule has 0 saturated carbocycles. The maximum Gasteiger partial charge on any atom is 0.264 e. The van der Waals surface area contributed by atoms with E-state index in [9.17, 15) is 13.5 Å². The van der Waals surface area contributed by atoms with Crippen molar-refractivity contribution in [3.8, 4) is 11.8 Å². The van der Waals surface area contributed by atoms with E-state index in [1.54, 1.807) is 55.6 Å². The van der Waals surface area contributed by atoms with Gasteiger partial charge in [-0.05, 0) is 70.0 Å². The van der Waals surface area contributed by atoms with E-state index < -0.39 is 21.4 Å². The molecule has 44 heavy (non-hydrogen) atoms. The zero-order chi connectivity index (χ0) is 32.0. The lowest BCUT2D eigenvalue weighted by Gasteiger charge is -2.35. The fraction of sp³-hybridized carbons (Fsp3) is 0.343. The van der Waals surface area contributed by atoms with Gasteiger partial charge < -0.3 is 19.9 Å². The molecule has 4 rings (SSSR count). The second kappa shape index (κ2) is 13.4. The first kappa shape index (κ1) is 33.0. The largest absolute Gasteiger partial charge is 0.456 e. The number of para-hydroxylation sites is 2. The van der Waals surface area contributed by atoms with E-state index in [0.29, 0.717) is 24.3 Å². The fourth-order valence-electron chi connectivity index (χ4n) is 4.89. The number of ether oxygens (including phenoxy) is 2. The van der Waals surface area contributed by atoms with Gasteiger partial charge in [0.25, 0.3) is 10.0 Å².